The molecule has 0 atom stereocenters. The van der Waals surface area contributed by atoms with E-state index in [2.05, 4.69) is 43.8 Å². The van der Waals surface area contributed by atoms with Gasteiger partial charge in [-0.05, 0) is 47.6 Å². The summed E-state index contributed by atoms with van der Waals surface area (Å²) < 4.78 is 2.06. The quantitative estimate of drug-likeness (QED) is 0.480. The SMILES string of the molecule is Nc1cc(I)cc(Br)c1C1(NC=O)CC1. The molecule has 80 valence electrons. The third kappa shape index (κ3) is 1.99. The second-order valence-electron chi connectivity index (χ2n) is 3.70. The highest BCUT2D eigenvalue weighted by molar-refractivity contribution is 14.1. The summed E-state index contributed by atoms with van der Waals surface area (Å²) in [7, 11) is 0. The summed E-state index contributed by atoms with van der Waals surface area (Å²) in [5, 5.41) is 2.86. The summed E-state index contributed by atoms with van der Waals surface area (Å²) >= 11 is 5.72. The molecule has 2 rings (SSSR count). The van der Waals surface area contributed by atoms with Crippen molar-refractivity contribution in [2.45, 2.75) is 18.4 Å². The molecule has 15 heavy (non-hydrogen) atoms. The lowest BCUT2D eigenvalue weighted by atomic mass is 10.0. The molecule has 3 N–H and O–H groups in total. The van der Waals surface area contributed by atoms with Gasteiger partial charge in [0.05, 0.1) is 5.54 Å². The molecule has 0 bridgehead atoms. The third-order valence-corrected chi connectivity index (χ3v) is 3.90. The monoisotopic (exact) mass is 380 g/mol. The average Bonchev–Trinajstić information content (AvgIpc) is 2.83. The van der Waals surface area contributed by atoms with Crippen molar-refractivity contribution in [1.29, 1.82) is 0 Å². The van der Waals surface area contributed by atoms with Gasteiger partial charge in [-0.15, -0.1) is 0 Å². The molecule has 1 amide bonds. The smallest absolute Gasteiger partial charge is 0.207 e. The van der Waals surface area contributed by atoms with Crippen LogP contribution in [0.15, 0.2) is 16.6 Å². The normalized spacial score (nSPS) is 17.2. The molecule has 0 heterocycles. The Balaban J connectivity index is 2.48. The minimum Gasteiger partial charge on any atom is -0.398 e. The number of hydrogen-bond acceptors (Lipinski definition) is 2. The van der Waals surface area contributed by atoms with E-state index in [1.807, 2.05) is 12.1 Å². The first-order chi connectivity index (χ1) is 7.09. The van der Waals surface area contributed by atoms with Crippen molar-refractivity contribution in [2.75, 3.05) is 5.73 Å². The number of nitrogen functional groups attached to an aromatic ring is 1. The Morgan fingerprint density at radius 1 is 1.53 bits per heavy atom. The van der Waals surface area contributed by atoms with E-state index in [9.17, 15) is 4.79 Å². The van der Waals surface area contributed by atoms with Gasteiger partial charge in [0.2, 0.25) is 6.41 Å². The Hall–Kier alpha value is -0.300. The number of carbonyl (C=O) groups excluding carboxylic acids is 1. The van der Waals surface area contributed by atoms with E-state index in [1.165, 1.54) is 0 Å². The number of nitrogens with two attached hydrogens (primary N) is 1. The van der Waals surface area contributed by atoms with E-state index in [0.717, 1.165) is 38.5 Å². The second kappa shape index (κ2) is 3.93. The van der Waals surface area contributed by atoms with Crippen LogP contribution in [-0.4, -0.2) is 6.41 Å². The van der Waals surface area contributed by atoms with Crippen LogP contribution in [-0.2, 0) is 10.3 Å². The van der Waals surface area contributed by atoms with E-state index < -0.39 is 0 Å². The molecule has 1 aliphatic rings. The molecule has 1 aromatic rings. The molecule has 1 saturated carbocycles. The lowest BCUT2D eigenvalue weighted by Crippen LogP contribution is -2.28. The van der Waals surface area contributed by atoms with Gasteiger partial charge in [-0.2, -0.15) is 0 Å². The predicted molar refractivity (Wildman–Crippen MR) is 71.4 cm³/mol. The summed E-state index contributed by atoms with van der Waals surface area (Å²) in [6.07, 6.45) is 2.65. The molecule has 0 unspecified atom stereocenters. The summed E-state index contributed by atoms with van der Waals surface area (Å²) in [5.74, 6) is 0. The van der Waals surface area contributed by atoms with Crippen LogP contribution >= 0.6 is 38.5 Å². The average molecular weight is 381 g/mol. The van der Waals surface area contributed by atoms with Crippen molar-refractivity contribution >= 4 is 50.6 Å². The van der Waals surface area contributed by atoms with Crippen LogP contribution in [0.4, 0.5) is 5.69 Å². The van der Waals surface area contributed by atoms with E-state index in [1.54, 1.807) is 0 Å². The van der Waals surface area contributed by atoms with E-state index in [4.69, 9.17) is 5.73 Å². The van der Waals surface area contributed by atoms with Crippen LogP contribution in [0.5, 0.6) is 0 Å². The van der Waals surface area contributed by atoms with Gasteiger partial charge in [-0.1, -0.05) is 15.9 Å². The zero-order chi connectivity index (χ0) is 11.1. The Morgan fingerprint density at radius 2 is 2.20 bits per heavy atom. The van der Waals surface area contributed by atoms with Gasteiger partial charge in [0.1, 0.15) is 0 Å². The van der Waals surface area contributed by atoms with Crippen molar-refractivity contribution in [2.24, 2.45) is 0 Å². The largest absolute Gasteiger partial charge is 0.398 e. The molecule has 3 nitrogen and oxygen atoms in total. The summed E-state index contributed by atoms with van der Waals surface area (Å²) in [4.78, 5) is 10.6. The molecule has 0 aliphatic heterocycles. The highest BCUT2D eigenvalue weighted by Gasteiger charge is 2.46. The molecule has 0 spiro atoms. The zero-order valence-corrected chi connectivity index (χ0v) is 11.6. The lowest BCUT2D eigenvalue weighted by Gasteiger charge is -2.19. The fraction of sp³-hybridized carbons (Fsp3) is 0.300. The Kier molecular flexibility index (Phi) is 2.94. The second-order valence-corrected chi connectivity index (χ2v) is 5.80. The van der Waals surface area contributed by atoms with Crippen molar-refractivity contribution in [3.8, 4) is 0 Å². The molecule has 0 radical (unpaired) electrons. The van der Waals surface area contributed by atoms with Crippen LogP contribution in [0.3, 0.4) is 0 Å². The zero-order valence-electron chi connectivity index (χ0n) is 7.89. The fourth-order valence-electron chi connectivity index (χ4n) is 1.80. The fourth-order valence-corrected chi connectivity index (χ4v) is 3.73. The van der Waals surface area contributed by atoms with Crippen LogP contribution in [0.1, 0.15) is 18.4 Å². The third-order valence-electron chi connectivity index (χ3n) is 2.65. The van der Waals surface area contributed by atoms with Gasteiger partial charge in [-0.3, -0.25) is 4.79 Å². The Bertz CT molecular complexity index is 395. The molecule has 1 aromatic carbocycles. The standard InChI is InChI=1S/C10H10BrIN2O/c11-7-3-6(12)4-8(13)9(7)10(1-2-10)14-5-15/h3-5H,1-2,13H2,(H,14,15). The number of hydrogen-bond donors (Lipinski definition) is 2. The number of halogens is 2. The number of anilines is 1. The van der Waals surface area contributed by atoms with Crippen molar-refractivity contribution in [3.63, 3.8) is 0 Å². The number of benzene rings is 1. The van der Waals surface area contributed by atoms with E-state index in [-0.39, 0.29) is 5.54 Å². The minimum absolute atomic E-state index is 0.227. The van der Waals surface area contributed by atoms with E-state index >= 15 is 0 Å². The number of amides is 1. The van der Waals surface area contributed by atoms with Gasteiger partial charge in [0.25, 0.3) is 0 Å². The van der Waals surface area contributed by atoms with Crippen LogP contribution in [0, 0.1) is 3.57 Å². The molecule has 0 aromatic heterocycles. The number of carbonyl (C=O) groups is 1. The van der Waals surface area contributed by atoms with Gasteiger partial charge < -0.3 is 11.1 Å². The topological polar surface area (TPSA) is 55.1 Å². The summed E-state index contributed by atoms with van der Waals surface area (Å²) in [5.41, 5.74) is 7.51. The first kappa shape index (κ1) is 11.2. The van der Waals surface area contributed by atoms with Crippen LogP contribution < -0.4 is 11.1 Å². The molecule has 5 heteroatoms. The Labute approximate surface area is 110 Å². The number of rotatable bonds is 3. The van der Waals surface area contributed by atoms with Gasteiger partial charge in [0, 0.05) is 19.3 Å². The molecule has 1 aliphatic carbocycles. The highest BCUT2D eigenvalue weighted by Crippen LogP contribution is 2.50. The first-order valence-corrected chi connectivity index (χ1v) is 6.42. The lowest BCUT2D eigenvalue weighted by molar-refractivity contribution is -0.110. The van der Waals surface area contributed by atoms with Gasteiger partial charge >= 0.3 is 0 Å². The summed E-state index contributed by atoms with van der Waals surface area (Å²) in [6, 6.07) is 3.94. The minimum atomic E-state index is -0.227. The Morgan fingerprint density at radius 3 is 2.67 bits per heavy atom. The molecular weight excluding hydrogens is 371 g/mol. The van der Waals surface area contributed by atoms with Crippen molar-refractivity contribution < 1.29 is 4.79 Å². The van der Waals surface area contributed by atoms with Gasteiger partial charge in [-0.25, -0.2) is 0 Å². The van der Waals surface area contributed by atoms with Crippen LogP contribution in [0.2, 0.25) is 0 Å². The van der Waals surface area contributed by atoms with Crippen molar-refractivity contribution in [1.82, 2.24) is 5.32 Å². The summed E-state index contributed by atoms with van der Waals surface area (Å²) in [6.45, 7) is 0. The highest BCUT2D eigenvalue weighted by atomic mass is 127. The maximum Gasteiger partial charge on any atom is 0.207 e. The molecule has 0 saturated heterocycles. The maximum absolute atomic E-state index is 10.6. The molecular formula is C10H10BrIN2O. The first-order valence-electron chi connectivity index (χ1n) is 4.55. The maximum atomic E-state index is 10.6. The number of nitrogens with one attached hydrogen (secondary N) is 1. The van der Waals surface area contributed by atoms with Crippen molar-refractivity contribution in [3.05, 3.63) is 25.7 Å². The molecule has 1 fully saturated rings. The van der Waals surface area contributed by atoms with Crippen LogP contribution in [0.25, 0.3) is 0 Å². The predicted octanol–water partition coefficient (Wildman–Crippen LogP) is 2.37. The van der Waals surface area contributed by atoms with E-state index in [0.29, 0.717) is 0 Å². The van der Waals surface area contributed by atoms with Gasteiger partial charge in [0.15, 0.2) is 0 Å².